The third-order valence-electron chi connectivity index (χ3n) is 1.28. The Labute approximate surface area is 117 Å². The third-order valence-corrected chi connectivity index (χ3v) is 1.28. The Morgan fingerprint density at radius 2 is 1.37 bits per heavy atom. The van der Waals surface area contributed by atoms with Gasteiger partial charge in [-0.05, 0) is 0 Å². The van der Waals surface area contributed by atoms with Crippen LogP contribution in [0.1, 0.15) is 12.8 Å². The molecule has 0 aromatic rings. The Morgan fingerprint density at radius 3 is 1.53 bits per heavy atom. The number of hydrogen-bond donors (Lipinski definition) is 3. The van der Waals surface area contributed by atoms with E-state index in [1.807, 2.05) is 0 Å². The van der Waals surface area contributed by atoms with E-state index in [2.05, 4.69) is 0 Å². The van der Waals surface area contributed by atoms with Crippen LogP contribution in [0, 0.1) is 0 Å². The zero-order chi connectivity index (χ0) is 15.1. The SMILES string of the molecule is O=C([O-])CC(O)(CC(=O)O)C(=O)O.O=S(=O)([O-])[O-].[Al+3]. The second kappa shape index (κ2) is 8.80. The second-order valence-corrected chi connectivity index (χ2v) is 3.68. The molecular weight excluding hydrogens is 307 g/mol. The van der Waals surface area contributed by atoms with Crippen LogP contribution in [0.5, 0.6) is 0 Å². The predicted molar refractivity (Wildman–Crippen MR) is 50.7 cm³/mol. The van der Waals surface area contributed by atoms with Gasteiger partial charge in [-0.2, -0.15) is 0 Å². The summed E-state index contributed by atoms with van der Waals surface area (Å²) in [6.07, 6.45) is -2.44. The van der Waals surface area contributed by atoms with Crippen molar-refractivity contribution in [3.05, 3.63) is 0 Å². The second-order valence-electron chi connectivity index (χ2n) is 2.86. The van der Waals surface area contributed by atoms with Gasteiger partial charge in [-0.1, -0.05) is 0 Å². The topological polar surface area (TPSA) is 215 Å². The van der Waals surface area contributed by atoms with Crippen LogP contribution in [-0.2, 0) is 24.8 Å². The van der Waals surface area contributed by atoms with E-state index in [9.17, 15) is 19.5 Å². The molecule has 0 aliphatic heterocycles. The van der Waals surface area contributed by atoms with E-state index in [1.165, 1.54) is 0 Å². The first-order valence-corrected chi connectivity index (χ1v) is 5.15. The van der Waals surface area contributed by atoms with Crippen molar-refractivity contribution in [3.8, 4) is 0 Å². The van der Waals surface area contributed by atoms with Crippen LogP contribution in [0.4, 0.5) is 0 Å². The van der Waals surface area contributed by atoms with E-state index in [-0.39, 0.29) is 17.4 Å². The Morgan fingerprint density at radius 1 is 1.05 bits per heavy atom. The van der Waals surface area contributed by atoms with Crippen molar-refractivity contribution in [2.24, 2.45) is 0 Å². The van der Waals surface area contributed by atoms with Gasteiger partial charge in [0.1, 0.15) is 0 Å². The molecule has 0 rings (SSSR count). The van der Waals surface area contributed by atoms with Gasteiger partial charge in [0.2, 0.25) is 0 Å². The zero-order valence-electron chi connectivity index (χ0n) is 9.01. The largest absolute Gasteiger partial charge is 3.00 e. The van der Waals surface area contributed by atoms with Crippen molar-refractivity contribution in [2.45, 2.75) is 18.4 Å². The summed E-state index contributed by atoms with van der Waals surface area (Å²) in [6.45, 7) is 0. The van der Waals surface area contributed by atoms with Crippen LogP contribution >= 0.6 is 0 Å². The number of aliphatic hydroxyl groups is 1. The summed E-state index contributed by atoms with van der Waals surface area (Å²) in [4.78, 5) is 30.3. The number of rotatable bonds is 5. The minimum absolute atomic E-state index is 0. The van der Waals surface area contributed by atoms with Gasteiger partial charge in [0.25, 0.3) is 0 Å². The summed E-state index contributed by atoms with van der Waals surface area (Å²) in [5.74, 6) is -5.34. The summed E-state index contributed by atoms with van der Waals surface area (Å²) < 4.78 is 34.1. The molecule has 0 saturated heterocycles. The molecule has 0 aromatic carbocycles. The fourth-order valence-electron chi connectivity index (χ4n) is 0.703. The molecular formula is C6H7AlO11S. The molecule has 1 unspecified atom stereocenters. The Hall–Kier alpha value is -1.23. The van der Waals surface area contributed by atoms with Crippen molar-refractivity contribution in [3.63, 3.8) is 0 Å². The van der Waals surface area contributed by atoms with E-state index < -0.39 is 46.7 Å². The Bertz CT molecular complexity index is 402. The van der Waals surface area contributed by atoms with Gasteiger partial charge in [-0.25, -0.2) is 4.79 Å². The molecule has 1 atom stereocenters. The van der Waals surface area contributed by atoms with Gasteiger partial charge in [0.15, 0.2) is 5.60 Å². The minimum atomic E-state index is -5.17. The van der Waals surface area contributed by atoms with Crippen LogP contribution < -0.4 is 5.11 Å². The van der Waals surface area contributed by atoms with Crippen LogP contribution in [0.2, 0.25) is 0 Å². The Kier molecular flexibility index (Phi) is 10.6. The number of carboxylic acids is 3. The number of carbonyl (C=O) groups is 3. The van der Waals surface area contributed by atoms with Crippen molar-refractivity contribution >= 4 is 45.7 Å². The minimum Gasteiger partial charge on any atom is -0.759 e. The first kappa shape index (κ1) is 22.9. The molecule has 0 aromatic heterocycles. The monoisotopic (exact) mass is 314 g/mol. The summed E-state index contributed by atoms with van der Waals surface area (Å²) in [6, 6.07) is 0. The maximum Gasteiger partial charge on any atom is 3.00 e. The molecule has 0 aliphatic rings. The van der Waals surface area contributed by atoms with E-state index >= 15 is 0 Å². The van der Waals surface area contributed by atoms with E-state index in [1.54, 1.807) is 0 Å². The normalized spacial score (nSPS) is 13.0. The molecule has 0 fully saturated rings. The molecule has 13 heteroatoms. The number of carboxylic acid groups (broad SMARTS) is 3. The van der Waals surface area contributed by atoms with Crippen molar-refractivity contribution < 1.29 is 52.3 Å². The quantitative estimate of drug-likeness (QED) is 0.250. The van der Waals surface area contributed by atoms with E-state index in [0.29, 0.717) is 0 Å². The molecule has 106 valence electrons. The van der Waals surface area contributed by atoms with Crippen molar-refractivity contribution in [1.82, 2.24) is 0 Å². The smallest absolute Gasteiger partial charge is 0.759 e. The van der Waals surface area contributed by atoms with E-state index in [4.69, 9.17) is 32.8 Å². The number of carbonyl (C=O) groups excluding carboxylic acids is 1. The molecule has 0 amide bonds. The molecule has 3 N–H and O–H groups in total. The number of hydrogen-bond acceptors (Lipinski definition) is 9. The Balaban J connectivity index is -0.000000366. The standard InChI is InChI=1S/C6H8O7.Al.H2O4S/c7-3(8)1-6(13,5(11)12)2-4(9)10;;1-5(2,3)4/h13H,1-2H2,(H,7,8)(H,9,10)(H,11,12);;(H2,1,2,3,4)/q;+3;/p-3. The van der Waals surface area contributed by atoms with Gasteiger partial charge in [-0.3, -0.25) is 13.2 Å². The van der Waals surface area contributed by atoms with Crippen LogP contribution in [0.3, 0.4) is 0 Å². The third kappa shape index (κ3) is 16.8. The molecule has 0 aliphatic carbocycles. The van der Waals surface area contributed by atoms with Crippen LogP contribution in [0.15, 0.2) is 0 Å². The first-order chi connectivity index (χ1) is 7.78. The summed E-state index contributed by atoms with van der Waals surface area (Å²) in [7, 11) is -5.17. The molecule has 0 radical (unpaired) electrons. The van der Waals surface area contributed by atoms with Crippen LogP contribution in [-0.4, -0.2) is 73.7 Å². The van der Waals surface area contributed by atoms with Crippen LogP contribution in [0.25, 0.3) is 0 Å². The fraction of sp³-hybridized carbons (Fsp3) is 0.500. The molecule has 0 bridgehead atoms. The van der Waals surface area contributed by atoms with Gasteiger partial charge < -0.3 is 34.3 Å². The van der Waals surface area contributed by atoms with Crippen molar-refractivity contribution in [2.75, 3.05) is 0 Å². The van der Waals surface area contributed by atoms with Crippen molar-refractivity contribution in [1.29, 1.82) is 0 Å². The van der Waals surface area contributed by atoms with Gasteiger partial charge in [-0.15, -0.1) is 0 Å². The molecule has 0 heterocycles. The molecule has 11 nitrogen and oxygen atoms in total. The fourth-order valence-corrected chi connectivity index (χ4v) is 0.703. The maximum atomic E-state index is 10.3. The zero-order valence-corrected chi connectivity index (χ0v) is 11.0. The maximum absolute atomic E-state index is 10.3. The average molecular weight is 314 g/mol. The molecule has 0 saturated carbocycles. The average Bonchev–Trinajstić information content (AvgIpc) is 1.95. The molecule has 19 heavy (non-hydrogen) atoms. The summed E-state index contributed by atoms with van der Waals surface area (Å²) in [5, 5.41) is 35.5. The van der Waals surface area contributed by atoms with Gasteiger partial charge >= 0.3 is 29.3 Å². The van der Waals surface area contributed by atoms with Gasteiger partial charge in [0, 0.05) is 22.8 Å². The molecule has 0 spiro atoms. The van der Waals surface area contributed by atoms with E-state index in [0.717, 1.165) is 0 Å². The number of aliphatic carboxylic acids is 3. The van der Waals surface area contributed by atoms with Gasteiger partial charge in [0.05, 0.1) is 6.42 Å². The summed E-state index contributed by atoms with van der Waals surface area (Å²) >= 11 is 0. The first-order valence-electron chi connectivity index (χ1n) is 3.82. The predicted octanol–water partition coefficient (Wildman–Crippen LogP) is -4.30. The summed E-state index contributed by atoms with van der Waals surface area (Å²) in [5.41, 5.74) is -2.80.